The summed E-state index contributed by atoms with van der Waals surface area (Å²) in [5.74, 6) is 0. The van der Waals surface area contributed by atoms with Crippen LogP contribution in [0.3, 0.4) is 0 Å². The number of aromatic nitrogens is 1. The molecule has 10 aromatic carbocycles. The Kier molecular flexibility index (Phi) is 8.18. The third-order valence-corrected chi connectivity index (χ3v) is 12.8. The lowest BCUT2D eigenvalue weighted by Crippen LogP contribution is -2.09. The van der Waals surface area contributed by atoms with Crippen LogP contribution in [0.5, 0.6) is 0 Å². The van der Waals surface area contributed by atoms with Crippen molar-refractivity contribution in [3.05, 3.63) is 231 Å². The van der Waals surface area contributed by atoms with E-state index in [2.05, 4.69) is 216 Å². The van der Waals surface area contributed by atoms with Crippen molar-refractivity contribution < 1.29 is 8.83 Å². The van der Waals surface area contributed by atoms with Crippen LogP contribution in [0.15, 0.2) is 239 Å². The molecule has 300 valence electrons. The second kappa shape index (κ2) is 14.5. The minimum Gasteiger partial charge on any atom is -0.456 e. The molecule has 0 bridgehead atoms. The molecular weight excluding hydrogens is 781 g/mol. The maximum Gasteiger partial charge on any atom is 0.136 e. The summed E-state index contributed by atoms with van der Waals surface area (Å²) in [5, 5.41) is 6.91. The van der Waals surface area contributed by atoms with Crippen molar-refractivity contribution in [2.75, 3.05) is 4.90 Å². The first-order valence-corrected chi connectivity index (χ1v) is 21.7. The molecule has 0 amide bonds. The molecule has 0 unspecified atom stereocenters. The summed E-state index contributed by atoms with van der Waals surface area (Å²) in [5.41, 5.74) is 17.3. The molecule has 3 aromatic heterocycles. The van der Waals surface area contributed by atoms with E-state index in [1.54, 1.807) is 0 Å². The Morgan fingerprint density at radius 2 is 0.703 bits per heavy atom. The van der Waals surface area contributed by atoms with Gasteiger partial charge < -0.3 is 18.3 Å². The summed E-state index contributed by atoms with van der Waals surface area (Å²) in [4.78, 5) is 2.33. The van der Waals surface area contributed by atoms with Gasteiger partial charge >= 0.3 is 0 Å². The number of hydrogen-bond donors (Lipinski definition) is 0. The predicted molar refractivity (Wildman–Crippen MR) is 266 cm³/mol. The smallest absolute Gasteiger partial charge is 0.136 e. The molecule has 0 atom stereocenters. The highest BCUT2D eigenvalue weighted by Gasteiger charge is 2.18. The Morgan fingerprint density at radius 1 is 0.266 bits per heavy atom. The highest BCUT2D eigenvalue weighted by Crippen LogP contribution is 2.41. The lowest BCUT2D eigenvalue weighted by Gasteiger charge is -2.26. The highest BCUT2D eigenvalue weighted by atomic mass is 16.3. The number of anilines is 3. The first-order chi connectivity index (χ1) is 31.7. The summed E-state index contributed by atoms with van der Waals surface area (Å²) >= 11 is 0. The molecule has 0 aliphatic rings. The van der Waals surface area contributed by atoms with E-state index in [0.717, 1.165) is 94.4 Å². The third-order valence-electron chi connectivity index (χ3n) is 12.8. The molecule has 0 fully saturated rings. The van der Waals surface area contributed by atoms with Crippen LogP contribution < -0.4 is 4.90 Å². The zero-order valence-electron chi connectivity index (χ0n) is 34.7. The molecule has 0 saturated heterocycles. The first-order valence-electron chi connectivity index (χ1n) is 21.7. The molecule has 0 spiro atoms. The van der Waals surface area contributed by atoms with Crippen LogP contribution >= 0.6 is 0 Å². The average Bonchev–Trinajstić information content (AvgIpc) is 4.03. The van der Waals surface area contributed by atoms with Gasteiger partial charge in [-0.2, -0.15) is 0 Å². The lowest BCUT2D eigenvalue weighted by atomic mass is 10.0. The van der Waals surface area contributed by atoms with Gasteiger partial charge in [-0.05, 0) is 124 Å². The van der Waals surface area contributed by atoms with Gasteiger partial charge in [0.2, 0.25) is 0 Å². The minimum atomic E-state index is 0.902. The Labute approximate surface area is 369 Å². The number of rotatable bonds is 7. The standard InChI is InChI=1S/C60H38N2O2/c1-2-10-39(11-3-1)40-18-27-45(28-19-40)61(47-31-24-43(25-32-47)44-26-35-59-53(36-44)50-13-5-8-16-57(50)63-59)46-29-20-41(21-30-46)42-22-33-48(34-23-42)62-55-15-7-4-12-49(55)52-38-60-54(37-56(52)62)51-14-6-9-17-58(51)64-60/h1-38H. The SMILES string of the molecule is c1ccc(-c2ccc(N(c3ccc(-c4ccc(-n5c6ccccc6c6cc7oc8ccccc8c7cc65)cc4)cc3)c3ccc(-c4ccc5oc6ccccc6c5c4)cc3)cc2)cc1. The van der Waals surface area contributed by atoms with Crippen LogP contribution in [0.25, 0.3) is 105 Å². The van der Waals surface area contributed by atoms with Gasteiger partial charge in [-0.1, -0.05) is 140 Å². The number of benzene rings is 10. The lowest BCUT2D eigenvalue weighted by molar-refractivity contribution is 0.669. The zero-order chi connectivity index (χ0) is 42.1. The Bertz CT molecular complexity index is 3860. The molecule has 13 aromatic rings. The quantitative estimate of drug-likeness (QED) is 0.161. The third kappa shape index (κ3) is 5.92. The molecule has 4 heteroatoms. The highest BCUT2D eigenvalue weighted by molar-refractivity contribution is 6.17. The van der Waals surface area contributed by atoms with Crippen molar-refractivity contribution in [3.8, 4) is 39.1 Å². The van der Waals surface area contributed by atoms with Gasteiger partial charge in [0.1, 0.15) is 22.3 Å². The Hall–Kier alpha value is -8.60. The van der Waals surface area contributed by atoms with Crippen molar-refractivity contribution in [2.45, 2.75) is 0 Å². The van der Waals surface area contributed by atoms with E-state index in [9.17, 15) is 0 Å². The maximum atomic E-state index is 6.31. The average molecular weight is 819 g/mol. The summed E-state index contributed by atoms with van der Waals surface area (Å²) in [6.45, 7) is 0. The van der Waals surface area contributed by atoms with Crippen LogP contribution in [-0.4, -0.2) is 4.57 Å². The fourth-order valence-corrected chi connectivity index (χ4v) is 9.66. The van der Waals surface area contributed by atoms with Crippen LogP contribution in [0.1, 0.15) is 0 Å². The van der Waals surface area contributed by atoms with Gasteiger partial charge in [-0.3, -0.25) is 0 Å². The first kappa shape index (κ1) is 36.1. The van der Waals surface area contributed by atoms with Gasteiger partial charge in [-0.15, -0.1) is 0 Å². The summed E-state index contributed by atoms with van der Waals surface area (Å²) in [6.07, 6.45) is 0. The van der Waals surface area contributed by atoms with Gasteiger partial charge in [0.05, 0.1) is 11.0 Å². The fraction of sp³-hybridized carbons (Fsp3) is 0. The van der Waals surface area contributed by atoms with E-state index >= 15 is 0 Å². The van der Waals surface area contributed by atoms with E-state index in [1.165, 1.54) is 27.4 Å². The monoisotopic (exact) mass is 818 g/mol. The minimum absolute atomic E-state index is 0.902. The molecule has 4 nitrogen and oxygen atoms in total. The van der Waals surface area contributed by atoms with Gasteiger partial charge in [0.15, 0.2) is 0 Å². The summed E-state index contributed by atoms with van der Waals surface area (Å²) < 4.78 is 14.8. The predicted octanol–water partition coefficient (Wildman–Crippen LogP) is 17.1. The Balaban J connectivity index is 0.851. The number of furan rings is 2. The van der Waals surface area contributed by atoms with E-state index in [0.29, 0.717) is 0 Å². The molecule has 0 aliphatic carbocycles. The molecule has 0 saturated carbocycles. The number of nitrogens with zero attached hydrogens (tertiary/aromatic N) is 2. The van der Waals surface area contributed by atoms with Crippen molar-refractivity contribution >= 4 is 82.7 Å². The number of hydrogen-bond acceptors (Lipinski definition) is 3. The largest absolute Gasteiger partial charge is 0.456 e. The normalized spacial score (nSPS) is 11.8. The molecular formula is C60H38N2O2. The van der Waals surface area contributed by atoms with Crippen molar-refractivity contribution in [2.24, 2.45) is 0 Å². The van der Waals surface area contributed by atoms with Crippen molar-refractivity contribution in [3.63, 3.8) is 0 Å². The van der Waals surface area contributed by atoms with E-state index in [-0.39, 0.29) is 0 Å². The van der Waals surface area contributed by atoms with Crippen LogP contribution in [0.4, 0.5) is 17.1 Å². The maximum absolute atomic E-state index is 6.31. The topological polar surface area (TPSA) is 34.5 Å². The van der Waals surface area contributed by atoms with E-state index in [4.69, 9.17) is 8.83 Å². The summed E-state index contributed by atoms with van der Waals surface area (Å²) in [7, 11) is 0. The molecule has 64 heavy (non-hydrogen) atoms. The molecule has 0 aliphatic heterocycles. The molecule has 0 radical (unpaired) electrons. The second-order valence-electron chi connectivity index (χ2n) is 16.5. The second-order valence-corrected chi connectivity index (χ2v) is 16.5. The fourth-order valence-electron chi connectivity index (χ4n) is 9.66. The van der Waals surface area contributed by atoms with Gasteiger partial charge in [0.25, 0.3) is 0 Å². The van der Waals surface area contributed by atoms with Crippen LogP contribution in [-0.2, 0) is 0 Å². The van der Waals surface area contributed by atoms with Gasteiger partial charge in [-0.25, -0.2) is 0 Å². The molecule has 3 heterocycles. The van der Waals surface area contributed by atoms with E-state index < -0.39 is 0 Å². The van der Waals surface area contributed by atoms with Crippen LogP contribution in [0.2, 0.25) is 0 Å². The Morgan fingerprint density at radius 3 is 1.31 bits per heavy atom. The number of fused-ring (bicyclic) bond motifs is 9. The summed E-state index contributed by atoms with van der Waals surface area (Å²) in [6, 6.07) is 82.3. The number of para-hydroxylation sites is 3. The molecule has 0 N–H and O–H groups in total. The van der Waals surface area contributed by atoms with E-state index in [1.807, 2.05) is 24.3 Å². The van der Waals surface area contributed by atoms with Crippen molar-refractivity contribution in [1.29, 1.82) is 0 Å². The molecule has 13 rings (SSSR count). The van der Waals surface area contributed by atoms with Crippen molar-refractivity contribution in [1.82, 2.24) is 4.57 Å². The van der Waals surface area contributed by atoms with Gasteiger partial charge in [0, 0.05) is 55.1 Å². The zero-order valence-corrected chi connectivity index (χ0v) is 34.7. The van der Waals surface area contributed by atoms with Crippen LogP contribution in [0, 0.1) is 0 Å².